The molecular formula is C13H17ClN2O2. The lowest BCUT2D eigenvalue weighted by molar-refractivity contribution is -0.132. The van der Waals surface area contributed by atoms with Gasteiger partial charge in [-0.2, -0.15) is 0 Å². The van der Waals surface area contributed by atoms with Crippen LogP contribution >= 0.6 is 11.6 Å². The van der Waals surface area contributed by atoms with Crippen LogP contribution in [0.5, 0.6) is 0 Å². The molecular weight excluding hydrogens is 252 g/mol. The number of benzene rings is 1. The zero-order valence-electron chi connectivity index (χ0n) is 10.1. The Bertz CT molecular complexity index is 408. The summed E-state index contributed by atoms with van der Waals surface area (Å²) in [7, 11) is 0. The van der Waals surface area contributed by atoms with Gasteiger partial charge in [0.1, 0.15) is 0 Å². The Morgan fingerprint density at radius 3 is 2.83 bits per heavy atom. The summed E-state index contributed by atoms with van der Waals surface area (Å²) in [6.45, 7) is 1.20. The van der Waals surface area contributed by atoms with Crippen molar-refractivity contribution in [1.82, 2.24) is 4.90 Å². The second kappa shape index (κ2) is 6.18. The molecule has 1 heterocycles. The number of halogens is 1. The van der Waals surface area contributed by atoms with Crippen molar-refractivity contribution in [3.8, 4) is 0 Å². The molecule has 1 aliphatic heterocycles. The monoisotopic (exact) mass is 268 g/mol. The lowest BCUT2D eigenvalue weighted by Gasteiger charge is -2.23. The minimum absolute atomic E-state index is 0.120. The summed E-state index contributed by atoms with van der Waals surface area (Å²) in [6, 6.07) is 7.48. The number of rotatable bonds is 4. The Morgan fingerprint density at radius 2 is 2.17 bits per heavy atom. The first kappa shape index (κ1) is 13.3. The van der Waals surface area contributed by atoms with Crippen molar-refractivity contribution < 1.29 is 9.63 Å². The van der Waals surface area contributed by atoms with Crippen molar-refractivity contribution in [2.45, 2.75) is 25.3 Å². The molecule has 0 radical (unpaired) electrons. The van der Waals surface area contributed by atoms with Crippen LogP contribution in [0.25, 0.3) is 0 Å². The standard InChI is InChI=1S/C13H17ClN2O2/c14-11-5-3-10(4-6-11)8-13(17)16-7-1-2-12(16)9-18-15/h3-6,12H,1-2,7-9,15H2. The molecule has 1 unspecified atom stereocenters. The second-order valence-corrected chi connectivity index (χ2v) is 4.96. The fraction of sp³-hybridized carbons (Fsp3) is 0.462. The third kappa shape index (κ3) is 3.22. The van der Waals surface area contributed by atoms with Crippen molar-refractivity contribution in [1.29, 1.82) is 0 Å². The molecule has 18 heavy (non-hydrogen) atoms. The van der Waals surface area contributed by atoms with E-state index in [1.807, 2.05) is 17.0 Å². The third-order valence-corrected chi connectivity index (χ3v) is 3.51. The molecule has 0 saturated carbocycles. The first-order valence-electron chi connectivity index (χ1n) is 6.06. The SMILES string of the molecule is NOCC1CCCN1C(=O)Cc1ccc(Cl)cc1. The Kier molecular flexibility index (Phi) is 4.58. The van der Waals surface area contributed by atoms with Gasteiger partial charge >= 0.3 is 0 Å². The molecule has 1 aromatic carbocycles. The summed E-state index contributed by atoms with van der Waals surface area (Å²) >= 11 is 5.81. The Labute approximate surface area is 112 Å². The first-order valence-corrected chi connectivity index (χ1v) is 6.44. The van der Waals surface area contributed by atoms with Crippen molar-refractivity contribution in [2.24, 2.45) is 5.90 Å². The average Bonchev–Trinajstić information content (AvgIpc) is 2.81. The molecule has 2 N–H and O–H groups in total. The van der Waals surface area contributed by atoms with Crippen LogP contribution in [0, 0.1) is 0 Å². The van der Waals surface area contributed by atoms with E-state index in [2.05, 4.69) is 4.84 Å². The van der Waals surface area contributed by atoms with Crippen molar-refractivity contribution in [3.05, 3.63) is 34.9 Å². The van der Waals surface area contributed by atoms with E-state index in [0.717, 1.165) is 24.9 Å². The first-order chi connectivity index (χ1) is 8.70. The quantitative estimate of drug-likeness (QED) is 0.847. The molecule has 1 fully saturated rings. The Balaban J connectivity index is 1.96. The van der Waals surface area contributed by atoms with Crippen LogP contribution in [0.15, 0.2) is 24.3 Å². The number of likely N-dealkylation sites (tertiary alicyclic amines) is 1. The minimum Gasteiger partial charge on any atom is -0.337 e. The summed E-state index contributed by atoms with van der Waals surface area (Å²) in [5.74, 6) is 5.21. The molecule has 1 saturated heterocycles. The molecule has 0 spiro atoms. The number of nitrogens with zero attached hydrogens (tertiary/aromatic N) is 1. The highest BCUT2D eigenvalue weighted by atomic mass is 35.5. The normalized spacial score (nSPS) is 19.2. The van der Waals surface area contributed by atoms with E-state index < -0.39 is 0 Å². The summed E-state index contributed by atoms with van der Waals surface area (Å²) < 4.78 is 0. The minimum atomic E-state index is 0.120. The lowest BCUT2D eigenvalue weighted by Crippen LogP contribution is -2.39. The summed E-state index contributed by atoms with van der Waals surface area (Å²) in [5.41, 5.74) is 0.976. The number of carbonyl (C=O) groups excluding carboxylic acids is 1. The smallest absolute Gasteiger partial charge is 0.227 e. The Morgan fingerprint density at radius 1 is 1.44 bits per heavy atom. The fourth-order valence-corrected chi connectivity index (χ4v) is 2.45. The average molecular weight is 269 g/mol. The van der Waals surface area contributed by atoms with Crippen LogP contribution in [-0.2, 0) is 16.1 Å². The number of hydrogen-bond donors (Lipinski definition) is 1. The van der Waals surface area contributed by atoms with Crippen molar-refractivity contribution in [3.63, 3.8) is 0 Å². The number of hydrogen-bond acceptors (Lipinski definition) is 3. The van der Waals surface area contributed by atoms with E-state index in [0.29, 0.717) is 18.1 Å². The van der Waals surface area contributed by atoms with Gasteiger partial charge in [-0.3, -0.25) is 4.79 Å². The molecule has 1 aromatic rings. The zero-order chi connectivity index (χ0) is 13.0. The van der Waals surface area contributed by atoms with Crippen LogP contribution in [0.3, 0.4) is 0 Å². The van der Waals surface area contributed by atoms with Crippen molar-refractivity contribution in [2.75, 3.05) is 13.2 Å². The van der Waals surface area contributed by atoms with Gasteiger partial charge in [-0.05, 0) is 30.5 Å². The summed E-state index contributed by atoms with van der Waals surface area (Å²) in [5, 5.41) is 0.682. The maximum Gasteiger partial charge on any atom is 0.227 e. The molecule has 1 aliphatic rings. The maximum absolute atomic E-state index is 12.2. The van der Waals surface area contributed by atoms with Crippen LogP contribution in [0.2, 0.25) is 5.02 Å². The summed E-state index contributed by atoms with van der Waals surface area (Å²) in [4.78, 5) is 18.7. The fourth-order valence-electron chi connectivity index (χ4n) is 2.33. The summed E-state index contributed by atoms with van der Waals surface area (Å²) in [6.07, 6.45) is 2.38. The molecule has 4 nitrogen and oxygen atoms in total. The lowest BCUT2D eigenvalue weighted by atomic mass is 10.1. The van der Waals surface area contributed by atoms with E-state index in [-0.39, 0.29) is 11.9 Å². The van der Waals surface area contributed by atoms with Gasteiger partial charge in [-0.15, -0.1) is 0 Å². The topological polar surface area (TPSA) is 55.6 Å². The zero-order valence-corrected chi connectivity index (χ0v) is 10.9. The van der Waals surface area contributed by atoms with Crippen LogP contribution in [-0.4, -0.2) is 30.0 Å². The number of nitrogens with two attached hydrogens (primary N) is 1. The molecule has 5 heteroatoms. The molecule has 98 valence electrons. The van der Waals surface area contributed by atoms with E-state index in [9.17, 15) is 4.79 Å². The Hall–Kier alpha value is -1.10. The van der Waals surface area contributed by atoms with Gasteiger partial charge < -0.3 is 9.74 Å². The largest absolute Gasteiger partial charge is 0.337 e. The van der Waals surface area contributed by atoms with E-state index in [1.54, 1.807) is 12.1 Å². The number of amides is 1. The van der Waals surface area contributed by atoms with Gasteiger partial charge in [-0.1, -0.05) is 23.7 Å². The van der Waals surface area contributed by atoms with Crippen LogP contribution in [0.1, 0.15) is 18.4 Å². The van der Waals surface area contributed by atoms with Crippen molar-refractivity contribution >= 4 is 17.5 Å². The number of carbonyl (C=O) groups is 1. The van der Waals surface area contributed by atoms with Gasteiger partial charge in [0.25, 0.3) is 0 Å². The molecule has 0 aromatic heterocycles. The van der Waals surface area contributed by atoms with Gasteiger partial charge in [0, 0.05) is 11.6 Å². The van der Waals surface area contributed by atoms with E-state index in [1.165, 1.54) is 0 Å². The predicted octanol–water partition coefficient (Wildman–Crippen LogP) is 1.76. The van der Waals surface area contributed by atoms with Crippen LogP contribution < -0.4 is 5.90 Å². The molecule has 1 atom stereocenters. The third-order valence-electron chi connectivity index (χ3n) is 3.25. The van der Waals surface area contributed by atoms with Gasteiger partial charge in [0.2, 0.25) is 5.91 Å². The second-order valence-electron chi connectivity index (χ2n) is 4.52. The van der Waals surface area contributed by atoms with Gasteiger partial charge in [0.15, 0.2) is 0 Å². The van der Waals surface area contributed by atoms with Gasteiger partial charge in [0.05, 0.1) is 19.1 Å². The highest BCUT2D eigenvalue weighted by Crippen LogP contribution is 2.19. The highest BCUT2D eigenvalue weighted by Gasteiger charge is 2.28. The maximum atomic E-state index is 12.2. The highest BCUT2D eigenvalue weighted by molar-refractivity contribution is 6.30. The van der Waals surface area contributed by atoms with E-state index in [4.69, 9.17) is 17.5 Å². The van der Waals surface area contributed by atoms with Gasteiger partial charge in [-0.25, -0.2) is 5.90 Å². The molecule has 0 aliphatic carbocycles. The predicted molar refractivity (Wildman–Crippen MR) is 70.0 cm³/mol. The molecule has 1 amide bonds. The molecule has 2 rings (SSSR count). The van der Waals surface area contributed by atoms with Crippen LogP contribution in [0.4, 0.5) is 0 Å². The van der Waals surface area contributed by atoms with E-state index >= 15 is 0 Å². The molecule has 0 bridgehead atoms.